The van der Waals surface area contributed by atoms with Crippen LogP contribution in [0, 0.1) is 5.41 Å². The van der Waals surface area contributed by atoms with E-state index in [9.17, 15) is 4.79 Å². The molecule has 19 heavy (non-hydrogen) atoms. The number of nitrogens with one attached hydrogen (secondary N) is 1. The second kappa shape index (κ2) is 7.43. The molecule has 0 aliphatic heterocycles. The molecular weight excluding hydrogens is 306 g/mol. The minimum absolute atomic E-state index is 0.0712. The molecule has 1 aromatic rings. The first-order valence-corrected chi connectivity index (χ1v) is 7.42. The molecule has 0 saturated heterocycles. The molecule has 0 spiro atoms. The number of ether oxygens (including phenoxy) is 1. The van der Waals surface area contributed by atoms with E-state index in [2.05, 4.69) is 41.9 Å². The molecule has 1 N–H and O–H groups in total. The van der Waals surface area contributed by atoms with Crippen molar-refractivity contribution in [1.82, 2.24) is 0 Å². The Morgan fingerprint density at radius 2 is 1.79 bits per heavy atom. The lowest BCUT2D eigenvalue weighted by Gasteiger charge is -2.13. The third-order valence-corrected chi connectivity index (χ3v) is 4.15. The Morgan fingerprint density at radius 1 is 1.26 bits per heavy atom. The maximum Gasteiger partial charge on any atom is 0.353 e. The van der Waals surface area contributed by atoms with Crippen LogP contribution < -0.4 is 0 Å². The minimum atomic E-state index is -0.574. The highest BCUT2D eigenvalue weighted by Crippen LogP contribution is 2.27. The summed E-state index contributed by atoms with van der Waals surface area (Å²) in [6.07, 6.45) is 1.09. The first-order chi connectivity index (χ1) is 9.01. The van der Waals surface area contributed by atoms with Crippen LogP contribution in [0.25, 0.3) is 0 Å². The van der Waals surface area contributed by atoms with Crippen LogP contribution in [0.15, 0.2) is 24.3 Å². The van der Waals surface area contributed by atoms with Crippen molar-refractivity contribution in [3.8, 4) is 0 Å². The van der Waals surface area contributed by atoms with Crippen molar-refractivity contribution >= 4 is 27.6 Å². The summed E-state index contributed by atoms with van der Waals surface area (Å²) in [6.45, 7) is 6.35. The Balaban J connectivity index is 2.80. The van der Waals surface area contributed by atoms with E-state index < -0.39 is 10.8 Å². The van der Waals surface area contributed by atoms with E-state index in [0.29, 0.717) is 5.92 Å². The Morgan fingerprint density at radius 3 is 2.26 bits per heavy atom. The maximum atomic E-state index is 11.5. The molecule has 0 fully saturated rings. The lowest BCUT2D eigenvalue weighted by atomic mass is 9.96. The number of esters is 1. The van der Waals surface area contributed by atoms with Gasteiger partial charge in [-0.2, -0.15) is 0 Å². The van der Waals surface area contributed by atoms with Crippen molar-refractivity contribution < 1.29 is 9.53 Å². The molecule has 0 amide bonds. The van der Waals surface area contributed by atoms with Crippen LogP contribution >= 0.6 is 15.9 Å². The lowest BCUT2D eigenvalue weighted by molar-refractivity contribution is -0.135. The average Bonchev–Trinajstić information content (AvgIpc) is 2.45. The average molecular weight is 326 g/mol. The van der Waals surface area contributed by atoms with Crippen molar-refractivity contribution in [1.29, 1.82) is 5.41 Å². The van der Waals surface area contributed by atoms with Crippen LogP contribution in [0.1, 0.15) is 49.1 Å². The molecule has 104 valence electrons. The van der Waals surface area contributed by atoms with Gasteiger partial charge in [-0.25, -0.2) is 4.79 Å². The van der Waals surface area contributed by atoms with Gasteiger partial charge in [-0.3, -0.25) is 5.41 Å². The zero-order valence-electron chi connectivity index (χ0n) is 11.6. The SMILES string of the molecule is CCOC(=O)C(=N)C(Br)c1ccc(C(C)CC)cc1. The van der Waals surface area contributed by atoms with Gasteiger partial charge in [0.05, 0.1) is 11.4 Å². The van der Waals surface area contributed by atoms with Crippen LogP contribution in [0.5, 0.6) is 0 Å². The van der Waals surface area contributed by atoms with Crippen LogP contribution in [0.4, 0.5) is 0 Å². The minimum Gasteiger partial charge on any atom is -0.461 e. The number of benzene rings is 1. The normalized spacial score (nSPS) is 13.7. The molecule has 1 rings (SSSR count). The number of alkyl halides is 1. The molecule has 3 nitrogen and oxygen atoms in total. The molecule has 2 atom stereocenters. The first-order valence-electron chi connectivity index (χ1n) is 6.50. The number of halogens is 1. The van der Waals surface area contributed by atoms with E-state index in [0.717, 1.165) is 12.0 Å². The van der Waals surface area contributed by atoms with E-state index in [1.54, 1.807) is 6.92 Å². The second-order valence-electron chi connectivity index (χ2n) is 4.47. The molecule has 0 aliphatic rings. The van der Waals surface area contributed by atoms with E-state index in [-0.39, 0.29) is 12.3 Å². The summed E-state index contributed by atoms with van der Waals surface area (Å²) < 4.78 is 4.83. The topological polar surface area (TPSA) is 50.2 Å². The van der Waals surface area contributed by atoms with Crippen molar-refractivity contribution in [2.45, 2.75) is 37.9 Å². The number of hydrogen-bond donors (Lipinski definition) is 1. The van der Waals surface area contributed by atoms with Gasteiger partial charge < -0.3 is 4.74 Å². The predicted molar refractivity (Wildman–Crippen MR) is 81.2 cm³/mol. The zero-order valence-corrected chi connectivity index (χ0v) is 13.2. The summed E-state index contributed by atoms with van der Waals surface area (Å²) in [5.41, 5.74) is 2.09. The van der Waals surface area contributed by atoms with E-state index >= 15 is 0 Å². The van der Waals surface area contributed by atoms with Gasteiger partial charge in [-0.05, 0) is 30.4 Å². The zero-order chi connectivity index (χ0) is 14.4. The fourth-order valence-electron chi connectivity index (χ4n) is 1.71. The van der Waals surface area contributed by atoms with Crippen molar-refractivity contribution in [3.05, 3.63) is 35.4 Å². The smallest absolute Gasteiger partial charge is 0.353 e. The second-order valence-corrected chi connectivity index (χ2v) is 5.39. The molecular formula is C15H20BrNO2. The summed E-state index contributed by atoms with van der Waals surface area (Å²) in [7, 11) is 0. The summed E-state index contributed by atoms with van der Waals surface area (Å²) in [4.78, 5) is 11.1. The van der Waals surface area contributed by atoms with Gasteiger partial charge in [0, 0.05) is 0 Å². The molecule has 0 bridgehead atoms. The third kappa shape index (κ3) is 4.16. The van der Waals surface area contributed by atoms with Crippen LogP contribution in [-0.2, 0) is 9.53 Å². The monoisotopic (exact) mass is 325 g/mol. The summed E-state index contributed by atoms with van der Waals surface area (Å²) in [5, 5.41) is 7.79. The molecule has 0 heterocycles. The van der Waals surface area contributed by atoms with Gasteiger partial charge in [0.1, 0.15) is 5.71 Å². The van der Waals surface area contributed by atoms with Crippen LogP contribution in [-0.4, -0.2) is 18.3 Å². The lowest BCUT2D eigenvalue weighted by Crippen LogP contribution is -2.20. The van der Waals surface area contributed by atoms with E-state index in [4.69, 9.17) is 10.1 Å². The Kier molecular flexibility index (Phi) is 6.22. The largest absolute Gasteiger partial charge is 0.461 e. The van der Waals surface area contributed by atoms with Crippen molar-refractivity contribution in [2.75, 3.05) is 6.61 Å². The molecule has 0 aliphatic carbocycles. The molecule has 0 aromatic heterocycles. The Labute approximate surface area is 123 Å². The number of carbonyl (C=O) groups is 1. The maximum absolute atomic E-state index is 11.5. The van der Waals surface area contributed by atoms with Gasteiger partial charge in [0.25, 0.3) is 0 Å². The van der Waals surface area contributed by atoms with Gasteiger partial charge in [-0.1, -0.05) is 54.0 Å². The van der Waals surface area contributed by atoms with Gasteiger partial charge in [0.15, 0.2) is 0 Å². The van der Waals surface area contributed by atoms with E-state index in [1.807, 2.05) is 12.1 Å². The highest BCUT2D eigenvalue weighted by atomic mass is 79.9. The fraction of sp³-hybridized carbons (Fsp3) is 0.467. The molecule has 0 saturated carbocycles. The van der Waals surface area contributed by atoms with Crippen LogP contribution in [0.2, 0.25) is 0 Å². The molecule has 0 radical (unpaired) electrons. The van der Waals surface area contributed by atoms with Crippen LogP contribution in [0.3, 0.4) is 0 Å². The molecule has 4 heteroatoms. The number of rotatable bonds is 6. The van der Waals surface area contributed by atoms with E-state index in [1.165, 1.54) is 5.56 Å². The van der Waals surface area contributed by atoms with Crippen molar-refractivity contribution in [2.24, 2.45) is 0 Å². The van der Waals surface area contributed by atoms with Gasteiger partial charge in [0.2, 0.25) is 0 Å². The summed E-state index contributed by atoms with van der Waals surface area (Å²) >= 11 is 3.38. The van der Waals surface area contributed by atoms with Gasteiger partial charge in [-0.15, -0.1) is 0 Å². The quantitative estimate of drug-likeness (QED) is 0.483. The molecule has 1 aromatic carbocycles. The van der Waals surface area contributed by atoms with Crippen molar-refractivity contribution in [3.63, 3.8) is 0 Å². The number of hydrogen-bond acceptors (Lipinski definition) is 3. The third-order valence-electron chi connectivity index (χ3n) is 3.16. The highest BCUT2D eigenvalue weighted by molar-refractivity contribution is 9.09. The molecule has 2 unspecified atom stereocenters. The first kappa shape index (κ1) is 15.9. The summed E-state index contributed by atoms with van der Waals surface area (Å²) in [6, 6.07) is 8.01. The fourth-order valence-corrected chi connectivity index (χ4v) is 2.20. The summed E-state index contributed by atoms with van der Waals surface area (Å²) in [5.74, 6) is -0.0530. The Hall–Kier alpha value is -1.16. The Bertz CT molecular complexity index is 442. The highest BCUT2D eigenvalue weighted by Gasteiger charge is 2.21. The standard InChI is InChI=1S/C15H20BrNO2/c1-4-10(3)11-6-8-12(9-7-11)13(16)14(17)15(18)19-5-2/h6-10,13,17H,4-5H2,1-3H3. The predicted octanol–water partition coefficient (Wildman–Crippen LogP) is 4.22. The van der Waals surface area contributed by atoms with Gasteiger partial charge >= 0.3 is 5.97 Å². The number of carbonyl (C=O) groups excluding carboxylic acids is 1.